The molecule has 0 bridgehead atoms. The van der Waals surface area contributed by atoms with E-state index in [0.29, 0.717) is 19.1 Å². The summed E-state index contributed by atoms with van der Waals surface area (Å²) in [4.78, 5) is 4.28. The molecule has 0 atom stereocenters. The van der Waals surface area contributed by atoms with Gasteiger partial charge in [-0.3, -0.25) is 4.98 Å². The van der Waals surface area contributed by atoms with Gasteiger partial charge >= 0.3 is 0 Å². The Morgan fingerprint density at radius 1 is 1.33 bits per heavy atom. The van der Waals surface area contributed by atoms with Crippen LogP contribution in [-0.4, -0.2) is 29.1 Å². The van der Waals surface area contributed by atoms with Crippen molar-refractivity contribution in [2.45, 2.75) is 45.8 Å². The molecule has 1 aromatic rings. The average Bonchev–Trinajstić information content (AvgIpc) is 2.27. The number of hydrogen-bond donors (Lipinski definition) is 1. The molecule has 0 radical (unpaired) electrons. The molecule has 0 spiro atoms. The molecule has 0 fully saturated rings. The molecule has 1 N–H and O–H groups in total. The maximum atomic E-state index is 9.36. The smallest absolute Gasteiger partial charge is 0.159 e. The van der Waals surface area contributed by atoms with Gasteiger partial charge in [0.1, 0.15) is 5.75 Å². The third kappa shape index (κ3) is 5.98. The number of ether oxygens (including phenoxy) is 2. The molecule has 0 unspecified atom stereocenters. The minimum atomic E-state index is -1.07. The van der Waals surface area contributed by atoms with Crippen molar-refractivity contribution in [3.63, 3.8) is 0 Å². The van der Waals surface area contributed by atoms with Crippen molar-refractivity contribution in [1.29, 1.82) is 0 Å². The molecule has 18 heavy (non-hydrogen) atoms. The standard InChI is InChI=1S/C14H23NO3/c1-11(2)13-10-12(6-7-15-13)17-8-5-9-18-14(3,4)16/h6-7,10-11,16H,5,8-9H2,1-4H3. The largest absolute Gasteiger partial charge is 0.493 e. The van der Waals surface area contributed by atoms with Gasteiger partial charge in [0.2, 0.25) is 0 Å². The lowest BCUT2D eigenvalue weighted by Gasteiger charge is -2.18. The van der Waals surface area contributed by atoms with Crippen molar-refractivity contribution >= 4 is 0 Å². The Morgan fingerprint density at radius 3 is 2.67 bits per heavy atom. The number of pyridine rings is 1. The van der Waals surface area contributed by atoms with E-state index in [1.54, 1.807) is 20.0 Å². The zero-order chi connectivity index (χ0) is 13.6. The van der Waals surface area contributed by atoms with Crippen molar-refractivity contribution in [1.82, 2.24) is 4.98 Å². The predicted octanol–water partition coefficient (Wildman–Crippen LogP) is 2.72. The fourth-order valence-electron chi connectivity index (χ4n) is 1.40. The second-order valence-electron chi connectivity index (χ2n) is 5.07. The van der Waals surface area contributed by atoms with E-state index in [1.165, 1.54) is 0 Å². The average molecular weight is 253 g/mol. The van der Waals surface area contributed by atoms with Crippen LogP contribution in [0.5, 0.6) is 5.75 Å². The van der Waals surface area contributed by atoms with Crippen LogP contribution in [0.15, 0.2) is 18.3 Å². The summed E-state index contributed by atoms with van der Waals surface area (Å²) in [5.41, 5.74) is 1.03. The Morgan fingerprint density at radius 2 is 2.06 bits per heavy atom. The molecule has 0 aliphatic rings. The normalized spacial score (nSPS) is 11.9. The van der Waals surface area contributed by atoms with Crippen LogP contribution in [0.1, 0.15) is 45.7 Å². The maximum Gasteiger partial charge on any atom is 0.159 e. The van der Waals surface area contributed by atoms with Gasteiger partial charge in [-0.05, 0) is 25.8 Å². The summed E-state index contributed by atoms with van der Waals surface area (Å²) < 4.78 is 10.8. The minimum absolute atomic E-state index is 0.395. The molecule has 0 aliphatic heterocycles. The molecule has 1 aromatic heterocycles. The monoisotopic (exact) mass is 253 g/mol. The Kier molecular flexibility index (Phi) is 5.56. The topological polar surface area (TPSA) is 51.6 Å². The van der Waals surface area contributed by atoms with Gasteiger partial charge < -0.3 is 14.6 Å². The first kappa shape index (κ1) is 14.9. The van der Waals surface area contributed by atoms with E-state index in [1.807, 2.05) is 12.1 Å². The molecular formula is C14H23NO3. The molecule has 0 aliphatic carbocycles. The summed E-state index contributed by atoms with van der Waals surface area (Å²) in [7, 11) is 0. The Hall–Kier alpha value is -1.13. The van der Waals surface area contributed by atoms with E-state index >= 15 is 0 Å². The predicted molar refractivity (Wildman–Crippen MR) is 70.7 cm³/mol. The van der Waals surface area contributed by atoms with Crippen molar-refractivity contribution in [3.8, 4) is 5.75 Å². The summed E-state index contributed by atoms with van der Waals surface area (Å²) in [5.74, 6) is 0.158. The summed E-state index contributed by atoms with van der Waals surface area (Å²) in [6.45, 7) is 8.48. The number of rotatable bonds is 7. The molecule has 102 valence electrons. The highest BCUT2D eigenvalue weighted by molar-refractivity contribution is 5.24. The van der Waals surface area contributed by atoms with Gasteiger partial charge in [0.25, 0.3) is 0 Å². The van der Waals surface area contributed by atoms with Crippen molar-refractivity contribution in [3.05, 3.63) is 24.0 Å². The van der Waals surface area contributed by atoms with Crippen LogP contribution in [0.25, 0.3) is 0 Å². The van der Waals surface area contributed by atoms with E-state index in [2.05, 4.69) is 18.8 Å². The lowest BCUT2D eigenvalue weighted by Crippen LogP contribution is -2.24. The van der Waals surface area contributed by atoms with Crippen LogP contribution in [-0.2, 0) is 4.74 Å². The van der Waals surface area contributed by atoms with E-state index in [-0.39, 0.29) is 0 Å². The van der Waals surface area contributed by atoms with Crippen LogP contribution in [0.4, 0.5) is 0 Å². The van der Waals surface area contributed by atoms with Gasteiger partial charge in [0.05, 0.1) is 13.2 Å². The van der Waals surface area contributed by atoms with Crippen molar-refractivity contribution in [2.24, 2.45) is 0 Å². The summed E-state index contributed by atoms with van der Waals surface area (Å²) >= 11 is 0. The first-order valence-corrected chi connectivity index (χ1v) is 6.33. The van der Waals surface area contributed by atoms with Crippen LogP contribution in [0.2, 0.25) is 0 Å². The first-order valence-electron chi connectivity index (χ1n) is 6.33. The minimum Gasteiger partial charge on any atom is -0.493 e. The fourth-order valence-corrected chi connectivity index (χ4v) is 1.40. The third-order valence-corrected chi connectivity index (χ3v) is 2.36. The molecule has 0 saturated carbocycles. The molecule has 4 heteroatoms. The fraction of sp³-hybridized carbons (Fsp3) is 0.643. The molecule has 0 saturated heterocycles. The van der Waals surface area contributed by atoms with Crippen LogP contribution >= 0.6 is 0 Å². The summed E-state index contributed by atoms with van der Waals surface area (Å²) in [6, 6.07) is 3.81. The van der Waals surface area contributed by atoms with Crippen LogP contribution in [0, 0.1) is 0 Å². The number of aliphatic hydroxyl groups is 1. The highest BCUT2D eigenvalue weighted by atomic mass is 16.6. The molecule has 1 heterocycles. The zero-order valence-corrected chi connectivity index (χ0v) is 11.6. The van der Waals surface area contributed by atoms with Gasteiger partial charge in [-0.15, -0.1) is 0 Å². The van der Waals surface area contributed by atoms with Crippen LogP contribution < -0.4 is 4.74 Å². The highest BCUT2D eigenvalue weighted by Gasteiger charge is 2.11. The van der Waals surface area contributed by atoms with Gasteiger partial charge in [0.15, 0.2) is 5.79 Å². The maximum absolute atomic E-state index is 9.36. The van der Waals surface area contributed by atoms with Gasteiger partial charge in [-0.25, -0.2) is 0 Å². The van der Waals surface area contributed by atoms with E-state index in [9.17, 15) is 5.11 Å². The van der Waals surface area contributed by atoms with Gasteiger partial charge in [0, 0.05) is 24.4 Å². The van der Waals surface area contributed by atoms with E-state index < -0.39 is 5.79 Å². The molecule has 4 nitrogen and oxygen atoms in total. The summed E-state index contributed by atoms with van der Waals surface area (Å²) in [6.07, 6.45) is 2.50. The van der Waals surface area contributed by atoms with Crippen LogP contribution in [0.3, 0.4) is 0 Å². The van der Waals surface area contributed by atoms with Crippen molar-refractivity contribution in [2.75, 3.05) is 13.2 Å². The zero-order valence-electron chi connectivity index (χ0n) is 11.6. The number of aromatic nitrogens is 1. The molecule has 0 amide bonds. The molecule has 1 rings (SSSR count). The van der Waals surface area contributed by atoms with Gasteiger partial charge in [-0.2, -0.15) is 0 Å². The second-order valence-corrected chi connectivity index (χ2v) is 5.07. The van der Waals surface area contributed by atoms with E-state index in [4.69, 9.17) is 9.47 Å². The second kappa shape index (κ2) is 6.71. The lowest BCUT2D eigenvalue weighted by molar-refractivity contribution is -0.176. The number of hydrogen-bond acceptors (Lipinski definition) is 4. The highest BCUT2D eigenvalue weighted by Crippen LogP contribution is 2.17. The SMILES string of the molecule is CC(C)c1cc(OCCCOC(C)(C)O)ccn1. The number of nitrogens with zero attached hydrogens (tertiary/aromatic N) is 1. The Labute approximate surface area is 109 Å². The first-order chi connectivity index (χ1) is 8.38. The Bertz CT molecular complexity index is 358. The quantitative estimate of drug-likeness (QED) is 0.599. The lowest BCUT2D eigenvalue weighted by atomic mass is 10.1. The summed E-state index contributed by atoms with van der Waals surface area (Å²) in [5, 5.41) is 9.36. The Balaban J connectivity index is 2.29. The van der Waals surface area contributed by atoms with E-state index in [0.717, 1.165) is 17.9 Å². The molecule has 0 aromatic carbocycles. The molecular weight excluding hydrogens is 230 g/mol. The van der Waals surface area contributed by atoms with Gasteiger partial charge in [-0.1, -0.05) is 13.8 Å². The third-order valence-electron chi connectivity index (χ3n) is 2.36. The van der Waals surface area contributed by atoms with Crippen molar-refractivity contribution < 1.29 is 14.6 Å².